The van der Waals surface area contributed by atoms with E-state index in [1.165, 1.54) is 19.6 Å². The van der Waals surface area contributed by atoms with Crippen LogP contribution in [-0.2, 0) is 0 Å². The number of hydrogen-bond acceptors (Lipinski definition) is 4. The first-order chi connectivity index (χ1) is 8.49. The molecular formula is C14H28N4. The van der Waals surface area contributed by atoms with Crippen molar-refractivity contribution >= 4 is 0 Å². The summed E-state index contributed by atoms with van der Waals surface area (Å²) in [7, 11) is 1.86. The third kappa shape index (κ3) is 4.93. The third-order valence-electron chi connectivity index (χ3n) is 3.81. The average molecular weight is 252 g/mol. The molecule has 1 saturated heterocycles. The predicted molar refractivity (Wildman–Crippen MR) is 75.4 cm³/mol. The minimum atomic E-state index is -0.380. The second kappa shape index (κ2) is 7.08. The molecule has 1 heterocycles. The standard InChI is InChI=1S/C14H28N4/c1-13(2)11-18-9-7-17(8-10-18)6-5-14(3,12-15)16-4/h13,16H,5-11H2,1-4H3. The highest BCUT2D eigenvalue weighted by atomic mass is 15.3. The Labute approximate surface area is 112 Å². The van der Waals surface area contributed by atoms with Crippen molar-refractivity contribution in [3.63, 3.8) is 0 Å². The van der Waals surface area contributed by atoms with Crippen molar-refractivity contribution < 1.29 is 0 Å². The second-order valence-corrected chi connectivity index (χ2v) is 5.98. The fourth-order valence-corrected chi connectivity index (χ4v) is 2.33. The van der Waals surface area contributed by atoms with Gasteiger partial charge in [-0.15, -0.1) is 0 Å². The fourth-order valence-electron chi connectivity index (χ4n) is 2.33. The van der Waals surface area contributed by atoms with Gasteiger partial charge in [0.05, 0.1) is 6.07 Å². The molecule has 0 spiro atoms. The summed E-state index contributed by atoms with van der Waals surface area (Å²) in [5, 5.41) is 12.2. The van der Waals surface area contributed by atoms with Crippen LogP contribution in [0.25, 0.3) is 0 Å². The summed E-state index contributed by atoms with van der Waals surface area (Å²) in [5.41, 5.74) is -0.380. The summed E-state index contributed by atoms with van der Waals surface area (Å²) in [4.78, 5) is 5.02. The van der Waals surface area contributed by atoms with E-state index in [2.05, 4.69) is 35.0 Å². The van der Waals surface area contributed by atoms with Crippen molar-refractivity contribution in [1.82, 2.24) is 15.1 Å². The van der Waals surface area contributed by atoms with Crippen LogP contribution in [-0.4, -0.2) is 61.7 Å². The Balaban J connectivity index is 2.26. The van der Waals surface area contributed by atoms with Gasteiger partial charge in [0.1, 0.15) is 5.54 Å². The van der Waals surface area contributed by atoms with Crippen LogP contribution >= 0.6 is 0 Å². The van der Waals surface area contributed by atoms with E-state index in [1.807, 2.05) is 14.0 Å². The van der Waals surface area contributed by atoms with Crippen LogP contribution in [0, 0.1) is 17.2 Å². The van der Waals surface area contributed by atoms with Crippen molar-refractivity contribution in [2.45, 2.75) is 32.7 Å². The maximum Gasteiger partial charge on any atom is 0.104 e. The Bertz CT molecular complexity index is 276. The van der Waals surface area contributed by atoms with Gasteiger partial charge in [-0.05, 0) is 26.3 Å². The molecule has 104 valence electrons. The molecule has 1 aliphatic rings. The van der Waals surface area contributed by atoms with Gasteiger partial charge in [-0.2, -0.15) is 5.26 Å². The Hall–Kier alpha value is -0.630. The van der Waals surface area contributed by atoms with E-state index < -0.39 is 0 Å². The molecular weight excluding hydrogens is 224 g/mol. The molecule has 0 bridgehead atoms. The first-order valence-corrected chi connectivity index (χ1v) is 7.04. The molecule has 1 unspecified atom stereocenters. The Morgan fingerprint density at radius 2 is 1.78 bits per heavy atom. The highest BCUT2D eigenvalue weighted by Crippen LogP contribution is 2.11. The molecule has 0 aliphatic carbocycles. The van der Waals surface area contributed by atoms with Crippen LogP contribution in [0.1, 0.15) is 27.2 Å². The molecule has 4 heteroatoms. The smallest absolute Gasteiger partial charge is 0.104 e. The fraction of sp³-hybridized carbons (Fsp3) is 0.929. The van der Waals surface area contributed by atoms with E-state index in [0.717, 1.165) is 32.0 Å². The van der Waals surface area contributed by atoms with Crippen molar-refractivity contribution in [3.05, 3.63) is 0 Å². The number of piperazine rings is 1. The molecule has 0 radical (unpaired) electrons. The van der Waals surface area contributed by atoms with Crippen molar-refractivity contribution in [2.24, 2.45) is 5.92 Å². The highest BCUT2D eigenvalue weighted by Gasteiger charge is 2.24. The Kier molecular flexibility index (Phi) is 6.07. The van der Waals surface area contributed by atoms with E-state index in [1.54, 1.807) is 0 Å². The Morgan fingerprint density at radius 1 is 1.22 bits per heavy atom. The Morgan fingerprint density at radius 3 is 2.22 bits per heavy atom. The molecule has 1 atom stereocenters. The average Bonchev–Trinajstić information content (AvgIpc) is 2.37. The molecule has 0 aromatic heterocycles. The van der Waals surface area contributed by atoms with Gasteiger partial charge in [-0.1, -0.05) is 13.8 Å². The number of nitriles is 1. The number of hydrogen-bond donors (Lipinski definition) is 1. The summed E-state index contributed by atoms with van der Waals surface area (Å²) in [6.45, 7) is 13.4. The maximum absolute atomic E-state index is 9.12. The summed E-state index contributed by atoms with van der Waals surface area (Å²) in [6.07, 6.45) is 0.893. The maximum atomic E-state index is 9.12. The summed E-state index contributed by atoms with van der Waals surface area (Å²) in [5.74, 6) is 0.753. The van der Waals surface area contributed by atoms with Gasteiger partial charge in [-0.3, -0.25) is 0 Å². The van der Waals surface area contributed by atoms with Gasteiger partial charge in [0.2, 0.25) is 0 Å². The number of nitrogens with zero attached hydrogens (tertiary/aromatic N) is 3. The predicted octanol–water partition coefficient (Wildman–Crippen LogP) is 1.15. The second-order valence-electron chi connectivity index (χ2n) is 5.98. The van der Waals surface area contributed by atoms with Crippen molar-refractivity contribution in [2.75, 3.05) is 46.3 Å². The van der Waals surface area contributed by atoms with Gasteiger partial charge in [0.25, 0.3) is 0 Å². The highest BCUT2D eigenvalue weighted by molar-refractivity contribution is 5.03. The van der Waals surface area contributed by atoms with Crippen LogP contribution in [0.5, 0.6) is 0 Å². The zero-order chi connectivity index (χ0) is 13.6. The zero-order valence-corrected chi connectivity index (χ0v) is 12.4. The molecule has 1 fully saturated rings. The molecule has 4 nitrogen and oxygen atoms in total. The van der Waals surface area contributed by atoms with Gasteiger partial charge in [0.15, 0.2) is 0 Å². The topological polar surface area (TPSA) is 42.3 Å². The van der Waals surface area contributed by atoms with Crippen LogP contribution < -0.4 is 5.32 Å². The van der Waals surface area contributed by atoms with Gasteiger partial charge < -0.3 is 15.1 Å². The van der Waals surface area contributed by atoms with E-state index in [4.69, 9.17) is 5.26 Å². The minimum absolute atomic E-state index is 0.380. The molecule has 1 rings (SSSR count). The minimum Gasteiger partial charge on any atom is -0.303 e. The van der Waals surface area contributed by atoms with Gasteiger partial charge >= 0.3 is 0 Å². The van der Waals surface area contributed by atoms with Crippen LogP contribution in [0.2, 0.25) is 0 Å². The van der Waals surface area contributed by atoms with Crippen molar-refractivity contribution in [3.8, 4) is 6.07 Å². The lowest BCUT2D eigenvalue weighted by atomic mass is 10.00. The first-order valence-electron chi connectivity index (χ1n) is 7.04. The molecule has 0 amide bonds. The molecule has 1 N–H and O–H groups in total. The summed E-state index contributed by atoms with van der Waals surface area (Å²) >= 11 is 0. The zero-order valence-electron chi connectivity index (χ0n) is 12.4. The largest absolute Gasteiger partial charge is 0.303 e. The van der Waals surface area contributed by atoms with Crippen LogP contribution in [0.3, 0.4) is 0 Å². The van der Waals surface area contributed by atoms with Crippen LogP contribution in [0.15, 0.2) is 0 Å². The molecule has 18 heavy (non-hydrogen) atoms. The third-order valence-corrected chi connectivity index (χ3v) is 3.81. The van der Waals surface area contributed by atoms with E-state index in [9.17, 15) is 0 Å². The lowest BCUT2D eigenvalue weighted by molar-refractivity contribution is 0.117. The summed E-state index contributed by atoms with van der Waals surface area (Å²) < 4.78 is 0. The monoisotopic (exact) mass is 252 g/mol. The van der Waals surface area contributed by atoms with Crippen LogP contribution in [0.4, 0.5) is 0 Å². The molecule has 0 saturated carbocycles. The lowest BCUT2D eigenvalue weighted by Gasteiger charge is -2.36. The number of nitrogens with one attached hydrogen (secondary N) is 1. The van der Waals surface area contributed by atoms with E-state index >= 15 is 0 Å². The van der Waals surface area contributed by atoms with E-state index in [-0.39, 0.29) is 5.54 Å². The van der Waals surface area contributed by atoms with E-state index in [0.29, 0.717) is 0 Å². The lowest BCUT2D eigenvalue weighted by Crippen LogP contribution is -2.49. The van der Waals surface area contributed by atoms with Gasteiger partial charge in [-0.25, -0.2) is 0 Å². The molecule has 0 aromatic rings. The first kappa shape index (κ1) is 15.4. The number of rotatable bonds is 6. The van der Waals surface area contributed by atoms with Gasteiger partial charge in [0, 0.05) is 39.3 Å². The SMILES string of the molecule is CNC(C)(C#N)CCN1CCN(CC(C)C)CC1. The molecule has 1 aliphatic heterocycles. The quantitative estimate of drug-likeness (QED) is 0.770. The van der Waals surface area contributed by atoms with Crippen molar-refractivity contribution in [1.29, 1.82) is 5.26 Å². The molecule has 0 aromatic carbocycles. The summed E-state index contributed by atoms with van der Waals surface area (Å²) in [6, 6.07) is 2.35. The normalized spacial score (nSPS) is 21.8.